The van der Waals surface area contributed by atoms with Gasteiger partial charge >= 0.3 is 5.69 Å². The van der Waals surface area contributed by atoms with Crippen molar-refractivity contribution in [2.45, 2.75) is 24.7 Å². The Morgan fingerprint density at radius 2 is 1.86 bits per heavy atom. The molecule has 1 aliphatic rings. The Kier molecular flexibility index (Phi) is 4.59. The Morgan fingerprint density at radius 3 is 2.45 bits per heavy atom. The van der Waals surface area contributed by atoms with Gasteiger partial charge in [0.25, 0.3) is 5.56 Å². The summed E-state index contributed by atoms with van der Waals surface area (Å²) in [4.78, 5) is 23.3. The molecule has 22 heavy (non-hydrogen) atoms. The van der Waals surface area contributed by atoms with Crippen molar-refractivity contribution in [1.29, 1.82) is 0 Å². The summed E-state index contributed by atoms with van der Waals surface area (Å²) in [7, 11) is -1.28. The number of nitrogens with zero attached hydrogens (tertiary/aromatic N) is 2. The van der Waals surface area contributed by atoms with Crippen LogP contribution in [0, 0.1) is 5.41 Å². The molecule has 1 saturated heterocycles. The molecule has 0 spiro atoms. The fraction of sp³-hybridized carbons (Fsp3) is 0.692. The van der Waals surface area contributed by atoms with Gasteiger partial charge in [-0.3, -0.25) is 9.36 Å². The maximum Gasteiger partial charge on any atom is 0.330 e. The van der Waals surface area contributed by atoms with Crippen LogP contribution in [0.2, 0.25) is 0 Å². The van der Waals surface area contributed by atoms with Crippen LogP contribution >= 0.6 is 0 Å². The van der Waals surface area contributed by atoms with Gasteiger partial charge < -0.3 is 9.88 Å². The molecule has 0 aliphatic carbocycles. The van der Waals surface area contributed by atoms with Gasteiger partial charge in [0, 0.05) is 26.8 Å². The van der Waals surface area contributed by atoms with Crippen LogP contribution in [0.3, 0.4) is 0 Å². The predicted molar refractivity (Wildman–Crippen MR) is 82.3 cm³/mol. The van der Waals surface area contributed by atoms with Crippen LogP contribution in [-0.4, -0.2) is 37.2 Å². The average Bonchev–Trinajstić information content (AvgIpc) is 2.48. The zero-order valence-corrected chi connectivity index (χ0v) is 13.9. The summed E-state index contributed by atoms with van der Waals surface area (Å²) >= 11 is 0. The van der Waals surface area contributed by atoms with Crippen molar-refractivity contribution in [1.82, 2.24) is 19.2 Å². The van der Waals surface area contributed by atoms with E-state index in [0.717, 1.165) is 41.3 Å². The van der Waals surface area contributed by atoms with E-state index < -0.39 is 26.2 Å². The summed E-state index contributed by atoms with van der Waals surface area (Å²) in [5.41, 5.74) is -1.51. The van der Waals surface area contributed by atoms with Crippen molar-refractivity contribution in [2.24, 2.45) is 19.5 Å². The molecule has 1 aromatic rings. The van der Waals surface area contributed by atoms with E-state index in [0.29, 0.717) is 0 Å². The van der Waals surface area contributed by atoms with Crippen molar-refractivity contribution in [3.8, 4) is 0 Å². The van der Waals surface area contributed by atoms with Crippen molar-refractivity contribution >= 4 is 10.0 Å². The molecule has 0 saturated carbocycles. The van der Waals surface area contributed by atoms with Gasteiger partial charge in [-0.15, -0.1) is 0 Å². The van der Waals surface area contributed by atoms with Gasteiger partial charge in [0.15, 0.2) is 4.90 Å². The zero-order chi connectivity index (χ0) is 16.5. The van der Waals surface area contributed by atoms with E-state index in [1.165, 1.54) is 14.1 Å². The quantitative estimate of drug-likeness (QED) is 0.718. The Labute approximate surface area is 129 Å². The molecule has 8 nitrogen and oxygen atoms in total. The Morgan fingerprint density at radius 1 is 1.27 bits per heavy atom. The number of piperidine rings is 1. The fourth-order valence-electron chi connectivity index (χ4n) is 2.51. The topological polar surface area (TPSA) is 102 Å². The minimum absolute atomic E-state index is 0.135. The lowest BCUT2D eigenvalue weighted by Crippen LogP contribution is -2.45. The highest BCUT2D eigenvalue weighted by Gasteiger charge is 2.30. The first-order valence-corrected chi connectivity index (χ1v) is 8.62. The summed E-state index contributed by atoms with van der Waals surface area (Å²) in [6.07, 6.45) is 2.79. The van der Waals surface area contributed by atoms with E-state index in [2.05, 4.69) is 10.0 Å². The Hall–Kier alpha value is -1.45. The Bertz CT molecular complexity index is 772. The smallest absolute Gasteiger partial charge is 0.317 e. The van der Waals surface area contributed by atoms with Crippen molar-refractivity contribution in [3.05, 3.63) is 27.0 Å². The first-order chi connectivity index (χ1) is 10.2. The molecule has 0 atom stereocenters. The molecule has 2 rings (SSSR count). The Balaban J connectivity index is 2.28. The molecule has 124 valence electrons. The second kappa shape index (κ2) is 5.98. The number of aromatic nitrogens is 2. The molecule has 1 fully saturated rings. The number of nitrogens with one attached hydrogen (secondary N) is 2. The number of hydrogen-bond donors (Lipinski definition) is 2. The molecule has 0 radical (unpaired) electrons. The first kappa shape index (κ1) is 16.9. The van der Waals surface area contributed by atoms with Gasteiger partial charge in [-0.1, -0.05) is 6.92 Å². The van der Waals surface area contributed by atoms with E-state index in [1.807, 2.05) is 6.92 Å². The minimum Gasteiger partial charge on any atom is -0.317 e. The highest BCUT2D eigenvalue weighted by atomic mass is 32.2. The fourth-order valence-corrected chi connectivity index (χ4v) is 3.87. The SMILES string of the molecule is Cn1cc(S(=O)(=O)NCC2(C)CCNCC2)c(=O)n(C)c1=O. The molecule has 1 aromatic heterocycles. The number of aryl methyl sites for hydroxylation is 1. The molecule has 0 unspecified atom stereocenters. The zero-order valence-electron chi connectivity index (χ0n) is 13.0. The normalized spacial score (nSPS) is 18.3. The third-order valence-corrected chi connectivity index (χ3v) is 5.59. The standard InChI is InChI=1S/C13H22N4O4S/c1-13(4-6-14-7-5-13)9-15-22(20,21)10-8-16(2)12(19)17(3)11(10)18/h8,14-15H,4-7,9H2,1-3H3. The lowest BCUT2D eigenvalue weighted by Gasteiger charge is -2.34. The van der Waals surface area contributed by atoms with E-state index in [4.69, 9.17) is 0 Å². The lowest BCUT2D eigenvalue weighted by atomic mass is 9.81. The summed E-state index contributed by atoms with van der Waals surface area (Å²) in [5.74, 6) is 0. The summed E-state index contributed by atoms with van der Waals surface area (Å²) in [6.45, 7) is 3.98. The highest BCUT2D eigenvalue weighted by Crippen LogP contribution is 2.27. The van der Waals surface area contributed by atoms with Crippen LogP contribution in [0.1, 0.15) is 19.8 Å². The van der Waals surface area contributed by atoms with Crippen LogP contribution in [0.15, 0.2) is 20.7 Å². The predicted octanol–water partition coefficient (Wildman–Crippen LogP) is -1.25. The molecule has 1 aliphatic heterocycles. The van der Waals surface area contributed by atoms with Gasteiger partial charge in [-0.25, -0.2) is 17.9 Å². The van der Waals surface area contributed by atoms with Crippen LogP contribution in [0.5, 0.6) is 0 Å². The van der Waals surface area contributed by atoms with Crippen LogP contribution in [0.25, 0.3) is 0 Å². The largest absolute Gasteiger partial charge is 0.330 e. The van der Waals surface area contributed by atoms with Gasteiger partial charge in [-0.2, -0.15) is 0 Å². The van der Waals surface area contributed by atoms with Gasteiger partial charge in [0.05, 0.1) is 0 Å². The summed E-state index contributed by atoms with van der Waals surface area (Å²) < 4.78 is 29.2. The van der Waals surface area contributed by atoms with E-state index in [-0.39, 0.29) is 12.0 Å². The molecular formula is C13H22N4O4S. The van der Waals surface area contributed by atoms with E-state index in [9.17, 15) is 18.0 Å². The molecule has 0 bridgehead atoms. The van der Waals surface area contributed by atoms with Crippen LogP contribution < -0.4 is 21.3 Å². The molecule has 0 aromatic carbocycles. The number of sulfonamides is 1. The second-order valence-corrected chi connectivity index (χ2v) is 7.87. The van der Waals surface area contributed by atoms with Crippen molar-refractivity contribution in [2.75, 3.05) is 19.6 Å². The molecule has 9 heteroatoms. The monoisotopic (exact) mass is 330 g/mol. The van der Waals surface area contributed by atoms with Crippen molar-refractivity contribution in [3.63, 3.8) is 0 Å². The molecule has 0 amide bonds. The maximum atomic E-state index is 12.4. The van der Waals surface area contributed by atoms with Gasteiger partial charge in [-0.05, 0) is 31.3 Å². The van der Waals surface area contributed by atoms with E-state index in [1.54, 1.807) is 0 Å². The maximum absolute atomic E-state index is 12.4. The van der Waals surface area contributed by atoms with Crippen molar-refractivity contribution < 1.29 is 8.42 Å². The molecular weight excluding hydrogens is 308 g/mol. The van der Waals surface area contributed by atoms with Gasteiger partial charge in [0.2, 0.25) is 10.0 Å². The average molecular weight is 330 g/mol. The summed E-state index contributed by atoms with van der Waals surface area (Å²) in [5, 5.41) is 3.23. The molecule has 2 heterocycles. The lowest BCUT2D eigenvalue weighted by molar-refractivity contribution is 0.232. The third kappa shape index (κ3) is 3.31. The number of rotatable bonds is 4. The van der Waals surface area contributed by atoms with E-state index >= 15 is 0 Å². The van der Waals surface area contributed by atoms with Crippen LogP contribution in [-0.2, 0) is 24.1 Å². The highest BCUT2D eigenvalue weighted by molar-refractivity contribution is 7.89. The minimum atomic E-state index is -3.95. The van der Waals surface area contributed by atoms with Crippen LogP contribution in [0.4, 0.5) is 0 Å². The second-order valence-electron chi connectivity index (χ2n) is 6.14. The third-order valence-electron chi connectivity index (χ3n) is 4.20. The van der Waals surface area contributed by atoms with Gasteiger partial charge in [0.1, 0.15) is 0 Å². The first-order valence-electron chi connectivity index (χ1n) is 7.13. The number of hydrogen-bond acceptors (Lipinski definition) is 5. The summed E-state index contributed by atoms with van der Waals surface area (Å²) in [6, 6.07) is 0. The molecule has 2 N–H and O–H groups in total.